The molecule has 0 radical (unpaired) electrons. The molecule has 4 nitrogen and oxygen atoms in total. The van der Waals surface area contributed by atoms with Crippen molar-refractivity contribution in [3.63, 3.8) is 0 Å². The summed E-state index contributed by atoms with van der Waals surface area (Å²) < 4.78 is 5.45. The van der Waals surface area contributed by atoms with E-state index in [0.29, 0.717) is 42.7 Å². The molecule has 1 aromatic rings. The van der Waals surface area contributed by atoms with Gasteiger partial charge in [0.05, 0.1) is 12.2 Å². The van der Waals surface area contributed by atoms with Crippen LogP contribution in [0.4, 0.5) is 0 Å². The monoisotopic (exact) mass is 431 g/mol. The van der Waals surface area contributed by atoms with Crippen LogP contribution in [-0.4, -0.2) is 36.5 Å². The van der Waals surface area contributed by atoms with E-state index in [2.05, 4.69) is 34.6 Å². The Morgan fingerprint density at radius 2 is 1.32 bits per heavy atom. The molecule has 176 valence electrons. The second-order valence-electron chi connectivity index (χ2n) is 9.54. The Balaban J connectivity index is 2.45. The molecular formula is C27H45NO3. The molecule has 0 heterocycles. The Hall–Kier alpha value is -1.84. The van der Waals surface area contributed by atoms with Gasteiger partial charge >= 0.3 is 5.97 Å². The van der Waals surface area contributed by atoms with Gasteiger partial charge in [-0.15, -0.1) is 0 Å². The Labute approximate surface area is 190 Å². The van der Waals surface area contributed by atoms with Crippen LogP contribution in [0, 0.1) is 11.8 Å². The minimum Gasteiger partial charge on any atom is -0.462 e. The van der Waals surface area contributed by atoms with Crippen LogP contribution in [0.5, 0.6) is 0 Å². The Bertz CT molecular complexity index is 629. The number of unbranched alkanes of at least 4 members (excludes halogenated alkanes) is 8. The van der Waals surface area contributed by atoms with Crippen LogP contribution in [0.25, 0.3) is 0 Å². The van der Waals surface area contributed by atoms with E-state index in [1.54, 1.807) is 24.3 Å². The SMILES string of the molecule is CCCCCCCCCCCOC(=O)c1cccc(C(=O)N(CC(C)C)CC(C)C)c1. The fraction of sp³-hybridized carbons (Fsp3) is 0.704. The largest absolute Gasteiger partial charge is 0.462 e. The molecule has 0 aliphatic heterocycles. The number of carbonyl (C=O) groups excluding carboxylic acids is 2. The quantitative estimate of drug-likeness (QED) is 0.207. The van der Waals surface area contributed by atoms with Crippen LogP contribution in [0.3, 0.4) is 0 Å². The Morgan fingerprint density at radius 1 is 0.806 bits per heavy atom. The van der Waals surface area contributed by atoms with E-state index in [1.807, 2.05) is 4.90 Å². The van der Waals surface area contributed by atoms with E-state index in [-0.39, 0.29) is 11.9 Å². The van der Waals surface area contributed by atoms with Crippen molar-refractivity contribution in [2.75, 3.05) is 19.7 Å². The molecular weight excluding hydrogens is 386 g/mol. The molecule has 1 amide bonds. The van der Waals surface area contributed by atoms with Gasteiger partial charge in [-0.1, -0.05) is 92.1 Å². The molecule has 0 unspecified atom stereocenters. The fourth-order valence-electron chi connectivity index (χ4n) is 3.74. The lowest BCUT2D eigenvalue weighted by Gasteiger charge is -2.26. The van der Waals surface area contributed by atoms with Crippen LogP contribution in [-0.2, 0) is 4.74 Å². The van der Waals surface area contributed by atoms with Gasteiger partial charge in [0, 0.05) is 18.7 Å². The van der Waals surface area contributed by atoms with Crippen molar-refractivity contribution in [3.05, 3.63) is 35.4 Å². The number of carbonyl (C=O) groups is 2. The number of amides is 1. The van der Waals surface area contributed by atoms with Crippen LogP contribution in [0.15, 0.2) is 24.3 Å². The average molecular weight is 432 g/mol. The Kier molecular flexibility index (Phi) is 13.9. The molecule has 0 spiro atoms. The zero-order valence-electron chi connectivity index (χ0n) is 20.6. The normalized spacial score (nSPS) is 11.2. The van der Waals surface area contributed by atoms with Crippen LogP contribution >= 0.6 is 0 Å². The summed E-state index contributed by atoms with van der Waals surface area (Å²) >= 11 is 0. The maximum absolute atomic E-state index is 13.0. The van der Waals surface area contributed by atoms with E-state index in [9.17, 15) is 9.59 Å². The second-order valence-corrected chi connectivity index (χ2v) is 9.54. The van der Waals surface area contributed by atoms with E-state index in [4.69, 9.17) is 4.74 Å². The van der Waals surface area contributed by atoms with Gasteiger partial charge in [-0.3, -0.25) is 4.79 Å². The minimum absolute atomic E-state index is 0.0176. The van der Waals surface area contributed by atoms with Crippen molar-refractivity contribution in [3.8, 4) is 0 Å². The highest BCUT2D eigenvalue weighted by atomic mass is 16.5. The third-order valence-electron chi connectivity index (χ3n) is 5.28. The maximum atomic E-state index is 13.0. The first kappa shape index (κ1) is 27.2. The molecule has 0 N–H and O–H groups in total. The van der Waals surface area contributed by atoms with Gasteiger partial charge in [-0.2, -0.15) is 0 Å². The van der Waals surface area contributed by atoms with Gasteiger partial charge in [-0.25, -0.2) is 4.79 Å². The van der Waals surface area contributed by atoms with Gasteiger partial charge in [0.1, 0.15) is 0 Å². The third-order valence-corrected chi connectivity index (χ3v) is 5.28. The molecule has 0 saturated carbocycles. The first-order valence-corrected chi connectivity index (χ1v) is 12.4. The van der Waals surface area contributed by atoms with Crippen molar-refractivity contribution in [1.29, 1.82) is 0 Å². The molecule has 1 aromatic carbocycles. The molecule has 4 heteroatoms. The summed E-state index contributed by atoms with van der Waals surface area (Å²) in [6.07, 6.45) is 11.1. The smallest absolute Gasteiger partial charge is 0.338 e. The van der Waals surface area contributed by atoms with Crippen molar-refractivity contribution in [2.45, 2.75) is 92.4 Å². The minimum atomic E-state index is -0.339. The van der Waals surface area contributed by atoms with Crippen LogP contribution in [0.2, 0.25) is 0 Å². The van der Waals surface area contributed by atoms with Crippen LogP contribution in [0.1, 0.15) is 113 Å². The van der Waals surface area contributed by atoms with E-state index >= 15 is 0 Å². The molecule has 1 rings (SSSR count). The van der Waals surface area contributed by atoms with Crippen molar-refractivity contribution >= 4 is 11.9 Å². The highest BCUT2D eigenvalue weighted by Gasteiger charge is 2.19. The zero-order chi connectivity index (χ0) is 23.1. The molecule has 0 saturated heterocycles. The van der Waals surface area contributed by atoms with Crippen molar-refractivity contribution < 1.29 is 14.3 Å². The third kappa shape index (κ3) is 11.9. The number of rotatable bonds is 16. The fourth-order valence-corrected chi connectivity index (χ4v) is 3.74. The van der Waals surface area contributed by atoms with Gasteiger partial charge < -0.3 is 9.64 Å². The maximum Gasteiger partial charge on any atom is 0.338 e. The topological polar surface area (TPSA) is 46.6 Å². The summed E-state index contributed by atoms with van der Waals surface area (Å²) in [4.78, 5) is 27.3. The zero-order valence-corrected chi connectivity index (χ0v) is 20.6. The summed E-state index contributed by atoms with van der Waals surface area (Å²) in [5.74, 6) is 0.434. The number of hydrogen-bond donors (Lipinski definition) is 0. The molecule has 0 aromatic heterocycles. The van der Waals surface area contributed by atoms with Gasteiger partial charge in [0.15, 0.2) is 0 Å². The lowest BCUT2D eigenvalue weighted by Crippen LogP contribution is -2.37. The van der Waals surface area contributed by atoms with Gasteiger partial charge in [0.25, 0.3) is 5.91 Å². The van der Waals surface area contributed by atoms with Crippen LogP contribution < -0.4 is 0 Å². The lowest BCUT2D eigenvalue weighted by molar-refractivity contribution is 0.0497. The second kappa shape index (κ2) is 15.9. The van der Waals surface area contributed by atoms with E-state index in [0.717, 1.165) is 12.8 Å². The molecule has 0 aliphatic rings. The number of benzene rings is 1. The number of ether oxygens (including phenoxy) is 1. The first-order valence-electron chi connectivity index (χ1n) is 12.4. The van der Waals surface area contributed by atoms with Crippen molar-refractivity contribution in [1.82, 2.24) is 4.90 Å². The first-order chi connectivity index (χ1) is 14.8. The predicted octanol–water partition coefficient (Wildman–Crippen LogP) is 7.13. The van der Waals surface area contributed by atoms with Crippen molar-refractivity contribution in [2.24, 2.45) is 11.8 Å². The number of hydrogen-bond acceptors (Lipinski definition) is 3. The highest BCUT2D eigenvalue weighted by molar-refractivity contribution is 5.98. The molecule has 31 heavy (non-hydrogen) atoms. The number of nitrogens with zero attached hydrogens (tertiary/aromatic N) is 1. The average Bonchev–Trinajstić information content (AvgIpc) is 2.73. The molecule has 0 aliphatic carbocycles. The van der Waals surface area contributed by atoms with E-state index in [1.165, 1.54) is 44.9 Å². The standard InChI is InChI=1S/C27H45NO3/c1-6-7-8-9-10-11-12-13-14-18-31-27(30)25-17-15-16-24(19-25)26(29)28(20-22(2)3)21-23(4)5/h15-17,19,22-23H,6-14,18,20-21H2,1-5H3. The lowest BCUT2D eigenvalue weighted by atomic mass is 10.1. The summed E-state index contributed by atoms with van der Waals surface area (Å²) in [6.45, 7) is 12.6. The molecule has 0 fully saturated rings. The predicted molar refractivity (Wildman–Crippen MR) is 130 cm³/mol. The molecule has 0 bridgehead atoms. The summed E-state index contributed by atoms with van der Waals surface area (Å²) in [5.41, 5.74) is 1.01. The Morgan fingerprint density at radius 3 is 1.87 bits per heavy atom. The summed E-state index contributed by atoms with van der Waals surface area (Å²) in [7, 11) is 0. The molecule has 0 atom stereocenters. The highest BCUT2D eigenvalue weighted by Crippen LogP contribution is 2.14. The number of esters is 1. The van der Waals surface area contributed by atoms with Gasteiger partial charge in [0.2, 0.25) is 0 Å². The van der Waals surface area contributed by atoms with E-state index < -0.39 is 0 Å². The summed E-state index contributed by atoms with van der Waals surface area (Å²) in [6, 6.07) is 6.96. The van der Waals surface area contributed by atoms with Gasteiger partial charge in [-0.05, 0) is 36.5 Å². The summed E-state index contributed by atoms with van der Waals surface area (Å²) in [5, 5.41) is 0.